The molecule has 0 aliphatic carbocycles. The molecule has 0 saturated heterocycles. The molecule has 66 valence electrons. The van der Waals surface area contributed by atoms with Crippen molar-refractivity contribution < 1.29 is 0 Å². The van der Waals surface area contributed by atoms with Gasteiger partial charge in [-0.2, -0.15) is 0 Å². The van der Waals surface area contributed by atoms with E-state index in [1.165, 1.54) is 16.7 Å². The zero-order chi connectivity index (χ0) is 9.97. The van der Waals surface area contributed by atoms with Crippen molar-refractivity contribution in [1.29, 1.82) is 0 Å². The molecule has 0 bridgehead atoms. The molecule has 0 heterocycles. The molecular formula is C13H11B. The standard InChI is InChI=1S/C13H11B/c1-10-4-2-3-5-13(10)11-6-8-12(14)9-7-11/h2-9H,1H3. The van der Waals surface area contributed by atoms with Crippen LogP contribution in [-0.4, -0.2) is 7.85 Å². The van der Waals surface area contributed by atoms with Gasteiger partial charge in [0.2, 0.25) is 0 Å². The molecule has 0 aliphatic heterocycles. The minimum absolute atomic E-state index is 0.808. The number of hydrogen-bond acceptors (Lipinski definition) is 0. The Hall–Kier alpha value is -1.50. The first-order valence-electron chi connectivity index (χ1n) is 4.69. The first-order valence-corrected chi connectivity index (χ1v) is 4.69. The molecule has 0 N–H and O–H groups in total. The summed E-state index contributed by atoms with van der Waals surface area (Å²) in [4.78, 5) is 0. The summed E-state index contributed by atoms with van der Waals surface area (Å²) in [7, 11) is 5.64. The van der Waals surface area contributed by atoms with Gasteiger partial charge < -0.3 is 0 Å². The molecule has 0 atom stereocenters. The lowest BCUT2D eigenvalue weighted by Gasteiger charge is -2.05. The molecule has 2 aromatic rings. The van der Waals surface area contributed by atoms with Crippen LogP contribution in [0.25, 0.3) is 11.1 Å². The Balaban J connectivity index is 2.50. The molecule has 0 saturated carbocycles. The number of hydrogen-bond donors (Lipinski definition) is 0. The lowest BCUT2D eigenvalue weighted by atomic mass is 9.93. The van der Waals surface area contributed by atoms with Crippen molar-refractivity contribution >= 4 is 13.3 Å². The molecule has 14 heavy (non-hydrogen) atoms. The maximum absolute atomic E-state index is 5.64. The highest BCUT2D eigenvalue weighted by molar-refractivity contribution is 6.32. The van der Waals surface area contributed by atoms with Gasteiger partial charge in [0.25, 0.3) is 0 Å². The number of rotatable bonds is 1. The second-order valence-corrected chi connectivity index (χ2v) is 3.44. The lowest BCUT2D eigenvalue weighted by Crippen LogP contribution is -1.99. The third-order valence-electron chi connectivity index (χ3n) is 2.37. The van der Waals surface area contributed by atoms with Crippen molar-refractivity contribution in [3.8, 4) is 11.1 Å². The Kier molecular flexibility index (Phi) is 2.40. The number of aryl methyl sites for hydroxylation is 1. The first kappa shape index (κ1) is 9.08. The van der Waals surface area contributed by atoms with Crippen LogP contribution in [0.2, 0.25) is 0 Å². The lowest BCUT2D eigenvalue weighted by molar-refractivity contribution is 1.46. The predicted molar refractivity (Wildman–Crippen MR) is 62.0 cm³/mol. The van der Waals surface area contributed by atoms with Crippen molar-refractivity contribution in [3.63, 3.8) is 0 Å². The van der Waals surface area contributed by atoms with E-state index in [4.69, 9.17) is 7.85 Å². The SMILES string of the molecule is [B]c1ccc(-c2ccccc2C)cc1. The molecule has 0 amide bonds. The summed E-state index contributed by atoms with van der Waals surface area (Å²) in [5.41, 5.74) is 4.59. The molecular weight excluding hydrogens is 167 g/mol. The summed E-state index contributed by atoms with van der Waals surface area (Å²) < 4.78 is 0. The van der Waals surface area contributed by atoms with Gasteiger partial charge in [0.15, 0.2) is 0 Å². The molecule has 2 aromatic carbocycles. The van der Waals surface area contributed by atoms with E-state index in [2.05, 4.69) is 43.3 Å². The van der Waals surface area contributed by atoms with Crippen molar-refractivity contribution in [2.75, 3.05) is 0 Å². The molecule has 0 nitrogen and oxygen atoms in total. The van der Waals surface area contributed by atoms with Crippen LogP contribution in [0.3, 0.4) is 0 Å². The summed E-state index contributed by atoms with van der Waals surface area (Å²) in [6, 6.07) is 16.3. The third kappa shape index (κ3) is 1.72. The maximum Gasteiger partial charge on any atom is 0.113 e. The normalized spacial score (nSPS) is 10.1. The topological polar surface area (TPSA) is 0 Å². The van der Waals surface area contributed by atoms with Gasteiger partial charge in [-0.25, -0.2) is 0 Å². The summed E-state index contributed by atoms with van der Waals surface area (Å²) in [5.74, 6) is 0. The third-order valence-corrected chi connectivity index (χ3v) is 2.37. The fraction of sp³-hybridized carbons (Fsp3) is 0.0769. The van der Waals surface area contributed by atoms with E-state index in [0.717, 1.165) is 5.46 Å². The van der Waals surface area contributed by atoms with Gasteiger partial charge in [0, 0.05) is 0 Å². The van der Waals surface area contributed by atoms with E-state index in [1.54, 1.807) is 0 Å². The zero-order valence-corrected chi connectivity index (χ0v) is 8.20. The van der Waals surface area contributed by atoms with E-state index in [0.29, 0.717) is 0 Å². The molecule has 0 unspecified atom stereocenters. The Labute approximate surface area is 86.0 Å². The van der Waals surface area contributed by atoms with Gasteiger partial charge in [0.05, 0.1) is 0 Å². The molecule has 2 rings (SSSR count). The van der Waals surface area contributed by atoms with Gasteiger partial charge in [-0.15, -0.1) is 0 Å². The Morgan fingerprint density at radius 2 is 1.50 bits per heavy atom. The predicted octanol–water partition coefficient (Wildman–Crippen LogP) is 2.46. The second kappa shape index (κ2) is 3.71. The van der Waals surface area contributed by atoms with Crippen LogP contribution in [0.4, 0.5) is 0 Å². The quantitative estimate of drug-likeness (QED) is 0.588. The highest BCUT2D eigenvalue weighted by Gasteiger charge is 1.98. The Morgan fingerprint density at radius 3 is 2.14 bits per heavy atom. The Morgan fingerprint density at radius 1 is 0.857 bits per heavy atom. The van der Waals surface area contributed by atoms with Gasteiger partial charge in [-0.3, -0.25) is 0 Å². The van der Waals surface area contributed by atoms with Gasteiger partial charge in [-0.1, -0.05) is 54.0 Å². The summed E-state index contributed by atoms with van der Waals surface area (Å²) in [6.07, 6.45) is 0. The van der Waals surface area contributed by atoms with E-state index in [-0.39, 0.29) is 0 Å². The number of benzene rings is 2. The van der Waals surface area contributed by atoms with Gasteiger partial charge in [-0.05, 0) is 23.6 Å². The van der Waals surface area contributed by atoms with Crippen molar-refractivity contribution in [1.82, 2.24) is 0 Å². The minimum atomic E-state index is 0.808. The van der Waals surface area contributed by atoms with Crippen molar-refractivity contribution in [2.24, 2.45) is 0 Å². The fourth-order valence-corrected chi connectivity index (χ4v) is 1.56. The van der Waals surface area contributed by atoms with Crippen LogP contribution in [-0.2, 0) is 0 Å². The average Bonchev–Trinajstić information content (AvgIpc) is 2.20. The first-order chi connectivity index (χ1) is 6.77. The van der Waals surface area contributed by atoms with Crippen LogP contribution in [0.5, 0.6) is 0 Å². The van der Waals surface area contributed by atoms with E-state index in [9.17, 15) is 0 Å². The minimum Gasteiger partial charge on any atom is -0.0966 e. The van der Waals surface area contributed by atoms with Crippen LogP contribution < -0.4 is 5.46 Å². The van der Waals surface area contributed by atoms with E-state index < -0.39 is 0 Å². The van der Waals surface area contributed by atoms with Crippen LogP contribution in [0, 0.1) is 6.92 Å². The largest absolute Gasteiger partial charge is 0.113 e. The highest BCUT2D eigenvalue weighted by Crippen LogP contribution is 2.21. The van der Waals surface area contributed by atoms with E-state index >= 15 is 0 Å². The molecule has 0 aromatic heterocycles. The molecule has 0 aliphatic rings. The maximum atomic E-state index is 5.64. The summed E-state index contributed by atoms with van der Waals surface area (Å²) in [5, 5.41) is 0. The second-order valence-electron chi connectivity index (χ2n) is 3.44. The Bertz CT molecular complexity index is 429. The fourth-order valence-electron chi connectivity index (χ4n) is 1.56. The van der Waals surface area contributed by atoms with Gasteiger partial charge in [0.1, 0.15) is 7.85 Å². The smallest absolute Gasteiger partial charge is 0.0966 e. The van der Waals surface area contributed by atoms with Crippen LogP contribution in [0.15, 0.2) is 48.5 Å². The average molecular weight is 178 g/mol. The zero-order valence-electron chi connectivity index (χ0n) is 8.20. The summed E-state index contributed by atoms with van der Waals surface area (Å²) >= 11 is 0. The molecule has 2 radical (unpaired) electrons. The van der Waals surface area contributed by atoms with Crippen LogP contribution in [0.1, 0.15) is 5.56 Å². The summed E-state index contributed by atoms with van der Waals surface area (Å²) in [6.45, 7) is 2.12. The van der Waals surface area contributed by atoms with Crippen molar-refractivity contribution in [2.45, 2.75) is 6.92 Å². The highest BCUT2D eigenvalue weighted by atomic mass is 14.0. The van der Waals surface area contributed by atoms with E-state index in [1.807, 2.05) is 12.1 Å². The molecule has 0 spiro atoms. The molecule has 1 heteroatoms. The monoisotopic (exact) mass is 178 g/mol. The van der Waals surface area contributed by atoms with Crippen molar-refractivity contribution in [3.05, 3.63) is 54.1 Å². The van der Waals surface area contributed by atoms with Crippen LogP contribution >= 0.6 is 0 Å². The van der Waals surface area contributed by atoms with Gasteiger partial charge >= 0.3 is 0 Å². The molecule has 0 fully saturated rings.